The Bertz CT molecular complexity index is 564. The number of rotatable bonds is 4. The number of piperidine rings is 1. The number of carbonyl (C=O) groups excluding carboxylic acids is 1. The van der Waals surface area contributed by atoms with Crippen LogP contribution in [0.4, 0.5) is 14.5 Å². The van der Waals surface area contributed by atoms with E-state index in [0.29, 0.717) is 13.2 Å². The Morgan fingerprint density at radius 3 is 2.78 bits per heavy atom. The third-order valence-electron chi connectivity index (χ3n) is 4.18. The van der Waals surface area contributed by atoms with Crippen molar-refractivity contribution in [1.29, 1.82) is 0 Å². The van der Waals surface area contributed by atoms with Crippen LogP contribution in [0.15, 0.2) is 18.2 Å². The monoisotopic (exact) mass is 326 g/mol. The van der Waals surface area contributed by atoms with E-state index in [1.807, 2.05) is 4.90 Å². The Hall–Kier alpha value is -1.57. The molecule has 1 atom stereocenters. The SMILES string of the molecule is O=C(CN1CCCCC1C1OCCO1)Nc1ccc(F)cc1F. The summed E-state index contributed by atoms with van der Waals surface area (Å²) < 4.78 is 37.6. The Labute approximate surface area is 133 Å². The summed E-state index contributed by atoms with van der Waals surface area (Å²) in [5, 5.41) is 2.49. The average molecular weight is 326 g/mol. The smallest absolute Gasteiger partial charge is 0.238 e. The van der Waals surface area contributed by atoms with Gasteiger partial charge in [0.05, 0.1) is 31.5 Å². The number of benzene rings is 1. The van der Waals surface area contributed by atoms with Crippen molar-refractivity contribution in [2.75, 3.05) is 31.6 Å². The highest BCUT2D eigenvalue weighted by atomic mass is 19.1. The van der Waals surface area contributed by atoms with Crippen molar-refractivity contribution in [3.05, 3.63) is 29.8 Å². The second-order valence-corrected chi connectivity index (χ2v) is 5.82. The molecule has 2 aliphatic heterocycles. The zero-order valence-electron chi connectivity index (χ0n) is 12.8. The summed E-state index contributed by atoms with van der Waals surface area (Å²) in [6, 6.07) is 3.12. The van der Waals surface area contributed by atoms with Crippen LogP contribution in [0.2, 0.25) is 0 Å². The molecule has 1 amide bonds. The maximum atomic E-state index is 13.6. The summed E-state index contributed by atoms with van der Waals surface area (Å²) in [5.41, 5.74) is -0.0154. The molecular formula is C16H20F2N2O3. The second kappa shape index (κ2) is 7.33. The summed E-state index contributed by atoms with van der Waals surface area (Å²) in [5.74, 6) is -1.79. The van der Waals surface area contributed by atoms with E-state index in [-0.39, 0.29) is 30.5 Å². The number of amides is 1. The van der Waals surface area contributed by atoms with Gasteiger partial charge in [-0.2, -0.15) is 0 Å². The molecule has 7 heteroatoms. The Balaban J connectivity index is 1.61. The number of hydrogen-bond acceptors (Lipinski definition) is 4. The van der Waals surface area contributed by atoms with Crippen LogP contribution in [0.25, 0.3) is 0 Å². The van der Waals surface area contributed by atoms with E-state index in [0.717, 1.165) is 37.9 Å². The summed E-state index contributed by atoms with van der Waals surface area (Å²) in [7, 11) is 0. The number of carbonyl (C=O) groups is 1. The van der Waals surface area contributed by atoms with E-state index >= 15 is 0 Å². The minimum atomic E-state index is -0.781. The van der Waals surface area contributed by atoms with Crippen LogP contribution in [-0.4, -0.2) is 49.4 Å². The Morgan fingerprint density at radius 1 is 1.26 bits per heavy atom. The fourth-order valence-corrected chi connectivity index (χ4v) is 3.09. The van der Waals surface area contributed by atoms with Crippen molar-refractivity contribution in [3.63, 3.8) is 0 Å². The summed E-state index contributed by atoms with van der Waals surface area (Å²) >= 11 is 0. The number of ether oxygens (including phenoxy) is 2. The van der Waals surface area contributed by atoms with Gasteiger partial charge in [-0.15, -0.1) is 0 Å². The number of anilines is 1. The topological polar surface area (TPSA) is 50.8 Å². The maximum absolute atomic E-state index is 13.6. The number of nitrogens with zero attached hydrogens (tertiary/aromatic N) is 1. The minimum Gasteiger partial charge on any atom is -0.349 e. The first-order valence-corrected chi connectivity index (χ1v) is 7.85. The van der Waals surface area contributed by atoms with Crippen molar-refractivity contribution < 1.29 is 23.0 Å². The lowest BCUT2D eigenvalue weighted by molar-refractivity contribution is -0.127. The first-order chi connectivity index (χ1) is 11.1. The van der Waals surface area contributed by atoms with Gasteiger partial charge in [-0.25, -0.2) is 8.78 Å². The van der Waals surface area contributed by atoms with E-state index in [9.17, 15) is 13.6 Å². The molecule has 1 aromatic carbocycles. The molecule has 5 nitrogen and oxygen atoms in total. The molecule has 0 radical (unpaired) electrons. The molecule has 2 aliphatic rings. The predicted octanol–water partition coefficient (Wildman–Crippen LogP) is 2.13. The quantitative estimate of drug-likeness (QED) is 0.921. The van der Waals surface area contributed by atoms with Crippen molar-refractivity contribution in [2.24, 2.45) is 0 Å². The fourth-order valence-electron chi connectivity index (χ4n) is 3.09. The lowest BCUT2D eigenvalue weighted by Gasteiger charge is -2.37. The van der Waals surface area contributed by atoms with Crippen LogP contribution in [0.5, 0.6) is 0 Å². The molecular weight excluding hydrogens is 306 g/mol. The van der Waals surface area contributed by atoms with Gasteiger partial charge in [-0.05, 0) is 31.5 Å². The van der Waals surface area contributed by atoms with Gasteiger partial charge in [-0.3, -0.25) is 9.69 Å². The standard InChI is InChI=1S/C16H20F2N2O3/c17-11-4-5-13(12(18)9-11)19-15(21)10-20-6-2-1-3-14(20)16-22-7-8-23-16/h4-5,9,14,16H,1-3,6-8,10H2,(H,19,21). The maximum Gasteiger partial charge on any atom is 0.238 e. The second-order valence-electron chi connectivity index (χ2n) is 5.82. The number of nitrogens with one attached hydrogen (secondary N) is 1. The van der Waals surface area contributed by atoms with Crippen molar-refractivity contribution >= 4 is 11.6 Å². The van der Waals surface area contributed by atoms with E-state index < -0.39 is 11.6 Å². The summed E-state index contributed by atoms with van der Waals surface area (Å²) in [6.07, 6.45) is 2.67. The number of likely N-dealkylation sites (tertiary alicyclic amines) is 1. The normalized spacial score (nSPS) is 23.1. The van der Waals surface area contributed by atoms with Gasteiger partial charge in [0.1, 0.15) is 11.6 Å². The highest BCUT2D eigenvalue weighted by Gasteiger charge is 2.34. The van der Waals surface area contributed by atoms with Gasteiger partial charge in [0, 0.05) is 6.07 Å². The molecule has 126 valence electrons. The Morgan fingerprint density at radius 2 is 2.04 bits per heavy atom. The van der Waals surface area contributed by atoms with Gasteiger partial charge in [0.15, 0.2) is 6.29 Å². The van der Waals surface area contributed by atoms with Crippen LogP contribution in [0.3, 0.4) is 0 Å². The molecule has 0 aliphatic carbocycles. The van der Waals surface area contributed by atoms with Crippen LogP contribution >= 0.6 is 0 Å². The molecule has 2 fully saturated rings. The molecule has 0 bridgehead atoms. The number of hydrogen-bond donors (Lipinski definition) is 1. The van der Waals surface area contributed by atoms with Crippen molar-refractivity contribution in [3.8, 4) is 0 Å². The lowest BCUT2D eigenvalue weighted by Crippen LogP contribution is -2.50. The number of halogens is 2. The average Bonchev–Trinajstić information content (AvgIpc) is 3.05. The molecule has 0 saturated carbocycles. The van der Waals surface area contributed by atoms with Crippen molar-refractivity contribution in [1.82, 2.24) is 4.90 Å². The molecule has 0 aromatic heterocycles. The highest BCUT2D eigenvalue weighted by Crippen LogP contribution is 2.24. The van der Waals surface area contributed by atoms with Crippen LogP contribution < -0.4 is 5.32 Å². The third kappa shape index (κ3) is 4.04. The van der Waals surface area contributed by atoms with Gasteiger partial charge in [0.2, 0.25) is 5.91 Å². The first kappa shape index (κ1) is 16.3. The third-order valence-corrected chi connectivity index (χ3v) is 4.18. The fraction of sp³-hybridized carbons (Fsp3) is 0.562. The van der Waals surface area contributed by atoms with E-state index in [4.69, 9.17) is 9.47 Å². The molecule has 2 heterocycles. The van der Waals surface area contributed by atoms with Gasteiger partial charge < -0.3 is 14.8 Å². The molecule has 1 unspecified atom stereocenters. The van der Waals surface area contributed by atoms with Gasteiger partial charge in [-0.1, -0.05) is 6.42 Å². The summed E-state index contributed by atoms with van der Waals surface area (Å²) in [4.78, 5) is 14.2. The molecule has 23 heavy (non-hydrogen) atoms. The highest BCUT2D eigenvalue weighted by molar-refractivity contribution is 5.92. The van der Waals surface area contributed by atoms with Crippen molar-refractivity contribution in [2.45, 2.75) is 31.6 Å². The van der Waals surface area contributed by atoms with Crippen LogP contribution in [-0.2, 0) is 14.3 Å². The lowest BCUT2D eigenvalue weighted by atomic mass is 10.0. The van der Waals surface area contributed by atoms with Crippen LogP contribution in [0, 0.1) is 11.6 Å². The van der Waals surface area contributed by atoms with Crippen LogP contribution in [0.1, 0.15) is 19.3 Å². The predicted molar refractivity (Wildman–Crippen MR) is 79.9 cm³/mol. The molecule has 1 N–H and O–H groups in total. The summed E-state index contributed by atoms with van der Waals surface area (Å²) in [6.45, 7) is 2.04. The molecule has 2 saturated heterocycles. The van der Waals surface area contributed by atoms with Gasteiger partial charge in [0.25, 0.3) is 0 Å². The molecule has 0 spiro atoms. The van der Waals surface area contributed by atoms with E-state index in [1.54, 1.807) is 0 Å². The Kier molecular flexibility index (Phi) is 5.20. The first-order valence-electron chi connectivity index (χ1n) is 7.85. The zero-order valence-corrected chi connectivity index (χ0v) is 12.8. The van der Waals surface area contributed by atoms with Gasteiger partial charge >= 0.3 is 0 Å². The molecule has 3 rings (SSSR count). The largest absolute Gasteiger partial charge is 0.349 e. The minimum absolute atomic E-state index is 0.0154. The van der Waals surface area contributed by atoms with E-state index in [2.05, 4.69) is 5.32 Å². The zero-order chi connectivity index (χ0) is 16.2. The van der Waals surface area contributed by atoms with E-state index in [1.165, 1.54) is 6.07 Å². The molecule has 1 aromatic rings.